The lowest BCUT2D eigenvalue weighted by molar-refractivity contribution is -0.140. The molecular weight excluding hydrogens is 528 g/mol. The molecule has 2 aromatic heterocycles. The predicted molar refractivity (Wildman–Crippen MR) is 125 cm³/mol. The van der Waals surface area contributed by atoms with Crippen LogP contribution in [0.4, 0.5) is 19.0 Å². The molecular formula is C19H26F3IN6S. The monoisotopic (exact) mass is 554 g/mol. The number of hydrogen-bond donors (Lipinski definition) is 2. The molecule has 2 aromatic rings. The molecule has 1 aliphatic rings. The number of halogens is 4. The maximum Gasteiger partial charge on any atom is 0.434 e. The molecule has 0 saturated carbocycles. The Morgan fingerprint density at radius 2 is 2.03 bits per heavy atom. The standard InChI is InChI=1S/C19H25F3N6S.HI/c1-2-23-18(25-8-6-17-27-15(13-29-17)19(20,21)22)26-12-14-5-7-24-16(11-14)28-9-3-4-10-28;/h5,7,11,13H,2-4,6,8-10,12H2,1H3,(H2,23,25,26);1H. The summed E-state index contributed by atoms with van der Waals surface area (Å²) in [6, 6.07) is 4.01. The molecule has 6 nitrogen and oxygen atoms in total. The minimum absolute atomic E-state index is 0. The molecule has 3 rings (SSSR count). The average Bonchev–Trinajstić information content (AvgIpc) is 3.38. The van der Waals surface area contributed by atoms with Crippen LogP contribution in [-0.4, -0.2) is 42.1 Å². The van der Waals surface area contributed by atoms with Crippen LogP contribution < -0.4 is 15.5 Å². The number of aliphatic imine (C=N–C) groups is 1. The maximum atomic E-state index is 12.6. The Hall–Kier alpha value is -1.63. The van der Waals surface area contributed by atoms with Gasteiger partial charge in [0, 0.05) is 44.2 Å². The van der Waals surface area contributed by atoms with Crippen LogP contribution in [0, 0.1) is 0 Å². The van der Waals surface area contributed by atoms with Crippen LogP contribution in [0.25, 0.3) is 0 Å². The van der Waals surface area contributed by atoms with Gasteiger partial charge >= 0.3 is 6.18 Å². The molecule has 0 atom stereocenters. The Labute approximate surface area is 195 Å². The van der Waals surface area contributed by atoms with Crippen LogP contribution in [0.2, 0.25) is 0 Å². The summed E-state index contributed by atoms with van der Waals surface area (Å²) in [5, 5.41) is 7.81. The quantitative estimate of drug-likeness (QED) is 0.307. The zero-order chi connectivity index (χ0) is 20.7. The van der Waals surface area contributed by atoms with E-state index in [1.807, 2.05) is 13.0 Å². The first-order chi connectivity index (χ1) is 14.0. The first-order valence-electron chi connectivity index (χ1n) is 9.69. The van der Waals surface area contributed by atoms with E-state index in [1.165, 1.54) is 12.8 Å². The number of anilines is 1. The van der Waals surface area contributed by atoms with Crippen molar-refractivity contribution in [2.24, 2.45) is 4.99 Å². The van der Waals surface area contributed by atoms with Gasteiger partial charge in [-0.1, -0.05) is 0 Å². The van der Waals surface area contributed by atoms with E-state index in [2.05, 4.69) is 36.6 Å². The van der Waals surface area contributed by atoms with Gasteiger partial charge in [-0.25, -0.2) is 15.0 Å². The van der Waals surface area contributed by atoms with E-state index in [0.29, 0.717) is 37.0 Å². The van der Waals surface area contributed by atoms with E-state index in [4.69, 9.17) is 0 Å². The average molecular weight is 554 g/mol. The van der Waals surface area contributed by atoms with Gasteiger partial charge in [-0.2, -0.15) is 13.2 Å². The zero-order valence-corrected chi connectivity index (χ0v) is 19.9. The van der Waals surface area contributed by atoms with Crippen LogP contribution in [0.1, 0.15) is 36.0 Å². The largest absolute Gasteiger partial charge is 0.434 e. The SMILES string of the molecule is CCNC(=NCc1ccnc(N2CCCC2)c1)NCCc1nc(C(F)(F)F)cs1.I. The van der Waals surface area contributed by atoms with Gasteiger partial charge in [-0.05, 0) is 37.5 Å². The molecule has 166 valence electrons. The Bertz CT molecular complexity index is 821. The van der Waals surface area contributed by atoms with Gasteiger partial charge in [-0.3, -0.25) is 0 Å². The summed E-state index contributed by atoms with van der Waals surface area (Å²) < 4.78 is 37.9. The second kappa shape index (κ2) is 11.7. The topological polar surface area (TPSA) is 65.4 Å². The Morgan fingerprint density at radius 3 is 2.70 bits per heavy atom. The number of pyridine rings is 1. The number of thiazole rings is 1. The van der Waals surface area contributed by atoms with Crippen molar-refractivity contribution in [1.29, 1.82) is 0 Å². The number of aromatic nitrogens is 2. The van der Waals surface area contributed by atoms with E-state index < -0.39 is 11.9 Å². The number of guanidine groups is 1. The van der Waals surface area contributed by atoms with Crippen LogP contribution in [-0.2, 0) is 19.1 Å². The number of hydrogen-bond acceptors (Lipinski definition) is 5. The van der Waals surface area contributed by atoms with Gasteiger partial charge in [0.05, 0.1) is 11.6 Å². The van der Waals surface area contributed by atoms with Gasteiger partial charge < -0.3 is 15.5 Å². The maximum absolute atomic E-state index is 12.6. The highest BCUT2D eigenvalue weighted by molar-refractivity contribution is 14.0. The molecule has 30 heavy (non-hydrogen) atoms. The van der Waals surface area contributed by atoms with Crippen molar-refractivity contribution in [3.8, 4) is 0 Å². The molecule has 0 amide bonds. The Kier molecular flexibility index (Phi) is 9.59. The second-order valence-corrected chi connectivity index (χ2v) is 7.66. The zero-order valence-electron chi connectivity index (χ0n) is 16.7. The first kappa shape index (κ1) is 24.6. The summed E-state index contributed by atoms with van der Waals surface area (Å²) in [5.74, 6) is 1.61. The normalized spacial score (nSPS) is 14.5. The van der Waals surface area contributed by atoms with Crippen LogP contribution >= 0.6 is 35.3 Å². The minimum atomic E-state index is -4.39. The second-order valence-electron chi connectivity index (χ2n) is 6.71. The number of alkyl halides is 3. The highest BCUT2D eigenvalue weighted by Crippen LogP contribution is 2.30. The summed E-state index contributed by atoms with van der Waals surface area (Å²) in [6.07, 6.45) is 0.209. The molecule has 1 saturated heterocycles. The van der Waals surface area contributed by atoms with Crippen molar-refractivity contribution in [3.05, 3.63) is 40.0 Å². The smallest absolute Gasteiger partial charge is 0.357 e. The molecule has 11 heteroatoms. The third-order valence-electron chi connectivity index (χ3n) is 4.48. The van der Waals surface area contributed by atoms with Gasteiger partial charge in [0.2, 0.25) is 0 Å². The molecule has 2 N–H and O–H groups in total. The van der Waals surface area contributed by atoms with Gasteiger partial charge in [0.15, 0.2) is 11.7 Å². The highest BCUT2D eigenvalue weighted by Gasteiger charge is 2.33. The highest BCUT2D eigenvalue weighted by atomic mass is 127. The fourth-order valence-corrected chi connectivity index (χ4v) is 3.84. The molecule has 0 aromatic carbocycles. The lowest BCUT2D eigenvalue weighted by Crippen LogP contribution is -2.38. The van der Waals surface area contributed by atoms with E-state index in [1.54, 1.807) is 6.20 Å². The fourth-order valence-electron chi connectivity index (χ4n) is 3.03. The van der Waals surface area contributed by atoms with Crippen molar-refractivity contribution in [2.45, 2.75) is 38.9 Å². The van der Waals surface area contributed by atoms with Crippen molar-refractivity contribution < 1.29 is 13.2 Å². The van der Waals surface area contributed by atoms with Gasteiger partial charge in [0.25, 0.3) is 0 Å². The van der Waals surface area contributed by atoms with E-state index >= 15 is 0 Å². The molecule has 0 spiro atoms. The minimum Gasteiger partial charge on any atom is -0.357 e. The van der Waals surface area contributed by atoms with Crippen molar-refractivity contribution in [3.63, 3.8) is 0 Å². The number of nitrogens with one attached hydrogen (secondary N) is 2. The van der Waals surface area contributed by atoms with E-state index in [9.17, 15) is 13.2 Å². The molecule has 0 aliphatic carbocycles. The molecule has 0 bridgehead atoms. The molecule has 3 heterocycles. The van der Waals surface area contributed by atoms with Crippen LogP contribution in [0.5, 0.6) is 0 Å². The summed E-state index contributed by atoms with van der Waals surface area (Å²) in [5.41, 5.74) is 0.235. The van der Waals surface area contributed by atoms with E-state index in [0.717, 1.165) is 41.2 Å². The first-order valence-corrected chi connectivity index (χ1v) is 10.6. The predicted octanol–water partition coefficient (Wildman–Crippen LogP) is 4.07. The number of rotatable bonds is 7. The van der Waals surface area contributed by atoms with Gasteiger partial charge in [0.1, 0.15) is 5.82 Å². The summed E-state index contributed by atoms with van der Waals surface area (Å²) in [7, 11) is 0. The summed E-state index contributed by atoms with van der Waals surface area (Å²) in [6.45, 7) is 5.68. The van der Waals surface area contributed by atoms with Crippen LogP contribution in [0.15, 0.2) is 28.7 Å². The Balaban J connectivity index is 0.00000320. The molecule has 0 radical (unpaired) electrons. The lowest BCUT2D eigenvalue weighted by Gasteiger charge is -2.16. The summed E-state index contributed by atoms with van der Waals surface area (Å²) >= 11 is 1.02. The van der Waals surface area contributed by atoms with Crippen molar-refractivity contribution in [2.75, 3.05) is 31.1 Å². The van der Waals surface area contributed by atoms with Crippen LogP contribution in [0.3, 0.4) is 0 Å². The number of nitrogens with zero attached hydrogens (tertiary/aromatic N) is 4. The van der Waals surface area contributed by atoms with Gasteiger partial charge in [-0.15, -0.1) is 35.3 Å². The molecule has 0 unspecified atom stereocenters. The van der Waals surface area contributed by atoms with Crippen molar-refractivity contribution >= 4 is 47.1 Å². The summed E-state index contributed by atoms with van der Waals surface area (Å²) in [4.78, 5) is 15.0. The van der Waals surface area contributed by atoms with Crippen molar-refractivity contribution in [1.82, 2.24) is 20.6 Å². The molecule has 1 aliphatic heterocycles. The fraction of sp³-hybridized carbons (Fsp3) is 0.526. The Morgan fingerprint density at radius 1 is 1.27 bits per heavy atom. The lowest BCUT2D eigenvalue weighted by atomic mass is 10.2. The van der Waals surface area contributed by atoms with E-state index in [-0.39, 0.29) is 24.0 Å². The third-order valence-corrected chi connectivity index (χ3v) is 5.39. The molecule has 1 fully saturated rings. The third kappa shape index (κ3) is 7.25.